The lowest BCUT2D eigenvalue weighted by atomic mass is 10.1. The fourth-order valence-electron chi connectivity index (χ4n) is 3.79. The molecule has 2 fully saturated rings. The highest BCUT2D eigenvalue weighted by molar-refractivity contribution is 5.98. The SMILES string of the molecule is CCOc1ccc(C(=O)CCC(=O)N2C3CCNCC2CC3)cc1.Cl. The van der Waals surface area contributed by atoms with E-state index in [0.717, 1.165) is 38.1 Å². The molecule has 1 amide bonds. The van der Waals surface area contributed by atoms with Crippen LogP contribution in [-0.2, 0) is 4.79 Å². The van der Waals surface area contributed by atoms with Gasteiger partial charge < -0.3 is 15.0 Å². The van der Waals surface area contributed by atoms with Crippen LogP contribution in [0.25, 0.3) is 0 Å². The Balaban J connectivity index is 0.00000225. The number of halogens is 1. The molecule has 2 unspecified atom stereocenters. The molecule has 1 aromatic carbocycles. The number of nitrogens with one attached hydrogen (secondary N) is 1. The van der Waals surface area contributed by atoms with Crippen LogP contribution in [0.2, 0.25) is 0 Å². The molecule has 0 aliphatic carbocycles. The van der Waals surface area contributed by atoms with E-state index < -0.39 is 0 Å². The molecule has 0 saturated carbocycles. The standard InChI is InChI=1S/C19H26N2O3.ClH/c1-2-24-17-7-3-14(4-8-17)18(22)9-10-19(23)21-15-5-6-16(21)13-20-12-11-15;/h3-4,7-8,15-16,20H,2,5-6,9-13H2,1H3;1H. The van der Waals surface area contributed by atoms with Crippen molar-refractivity contribution in [2.45, 2.75) is 51.1 Å². The molecule has 5 nitrogen and oxygen atoms in total. The number of hydrogen-bond acceptors (Lipinski definition) is 4. The number of carbonyl (C=O) groups is 2. The third-order valence-corrected chi connectivity index (χ3v) is 5.00. The summed E-state index contributed by atoms with van der Waals surface area (Å²) in [6, 6.07) is 7.83. The molecule has 2 saturated heterocycles. The second-order valence-corrected chi connectivity index (χ2v) is 6.56. The summed E-state index contributed by atoms with van der Waals surface area (Å²) in [4.78, 5) is 27.0. The number of carbonyl (C=O) groups excluding carboxylic acids is 2. The topological polar surface area (TPSA) is 58.6 Å². The van der Waals surface area contributed by atoms with Crippen LogP contribution in [0.4, 0.5) is 0 Å². The van der Waals surface area contributed by atoms with Crippen LogP contribution in [0.5, 0.6) is 5.75 Å². The third kappa shape index (κ3) is 4.73. The number of hydrogen-bond donors (Lipinski definition) is 1. The van der Waals surface area contributed by atoms with E-state index in [-0.39, 0.29) is 30.5 Å². The van der Waals surface area contributed by atoms with Crippen LogP contribution in [0.15, 0.2) is 24.3 Å². The van der Waals surface area contributed by atoms with Gasteiger partial charge in [-0.1, -0.05) is 0 Å². The van der Waals surface area contributed by atoms with Gasteiger partial charge >= 0.3 is 0 Å². The summed E-state index contributed by atoms with van der Waals surface area (Å²) >= 11 is 0. The number of rotatable bonds is 6. The molecule has 1 N–H and O–H groups in total. The number of benzene rings is 1. The number of ether oxygens (including phenoxy) is 1. The lowest BCUT2D eigenvalue weighted by Gasteiger charge is -2.27. The van der Waals surface area contributed by atoms with E-state index in [1.54, 1.807) is 24.3 Å². The highest BCUT2D eigenvalue weighted by Crippen LogP contribution is 2.28. The van der Waals surface area contributed by atoms with Crippen molar-refractivity contribution in [1.82, 2.24) is 10.2 Å². The summed E-state index contributed by atoms with van der Waals surface area (Å²) in [5.74, 6) is 0.913. The van der Waals surface area contributed by atoms with Crippen molar-refractivity contribution in [3.63, 3.8) is 0 Å². The maximum absolute atomic E-state index is 12.6. The molecule has 2 bridgehead atoms. The number of ketones is 1. The molecule has 2 atom stereocenters. The summed E-state index contributed by atoms with van der Waals surface area (Å²) in [5.41, 5.74) is 0.645. The number of amides is 1. The molecule has 2 aliphatic rings. The van der Waals surface area contributed by atoms with Crippen LogP contribution in [-0.4, -0.2) is 48.4 Å². The van der Waals surface area contributed by atoms with Crippen LogP contribution in [0, 0.1) is 0 Å². The Kier molecular flexibility index (Phi) is 7.26. The van der Waals surface area contributed by atoms with Gasteiger partial charge in [0.05, 0.1) is 6.61 Å². The highest BCUT2D eigenvalue weighted by Gasteiger charge is 2.37. The maximum atomic E-state index is 12.6. The molecular formula is C19H27ClN2O3. The second-order valence-electron chi connectivity index (χ2n) is 6.56. The van der Waals surface area contributed by atoms with E-state index in [9.17, 15) is 9.59 Å². The molecule has 25 heavy (non-hydrogen) atoms. The zero-order valence-electron chi connectivity index (χ0n) is 14.7. The van der Waals surface area contributed by atoms with E-state index in [2.05, 4.69) is 5.32 Å². The Morgan fingerprint density at radius 3 is 2.56 bits per heavy atom. The van der Waals surface area contributed by atoms with Gasteiger partial charge in [0.25, 0.3) is 0 Å². The van der Waals surface area contributed by atoms with Gasteiger partial charge in [-0.25, -0.2) is 0 Å². The Bertz CT molecular complexity index is 577. The molecule has 6 heteroatoms. The number of nitrogens with zero attached hydrogens (tertiary/aromatic N) is 1. The third-order valence-electron chi connectivity index (χ3n) is 5.00. The maximum Gasteiger partial charge on any atom is 0.223 e. The van der Waals surface area contributed by atoms with Crippen molar-refractivity contribution in [2.75, 3.05) is 19.7 Å². The number of Topliss-reactive ketones (excluding diaryl/α,β-unsaturated/α-hetero) is 1. The first-order valence-electron chi connectivity index (χ1n) is 8.97. The molecule has 0 radical (unpaired) electrons. The van der Waals surface area contributed by atoms with Crippen LogP contribution < -0.4 is 10.1 Å². The van der Waals surface area contributed by atoms with Gasteiger partial charge in [0.15, 0.2) is 5.78 Å². The first kappa shape index (κ1) is 19.7. The smallest absolute Gasteiger partial charge is 0.223 e. The Morgan fingerprint density at radius 2 is 1.84 bits per heavy atom. The first-order valence-corrected chi connectivity index (χ1v) is 8.97. The van der Waals surface area contributed by atoms with Gasteiger partial charge in [0.1, 0.15) is 5.75 Å². The minimum Gasteiger partial charge on any atom is -0.494 e. The van der Waals surface area contributed by atoms with Crippen molar-refractivity contribution in [3.8, 4) is 5.75 Å². The monoisotopic (exact) mass is 366 g/mol. The van der Waals surface area contributed by atoms with Gasteiger partial charge in [-0.2, -0.15) is 0 Å². The Morgan fingerprint density at radius 1 is 1.12 bits per heavy atom. The van der Waals surface area contributed by atoms with Crippen molar-refractivity contribution in [2.24, 2.45) is 0 Å². The predicted octanol–water partition coefficient (Wildman–Crippen LogP) is 2.82. The first-order chi connectivity index (χ1) is 11.7. The Hall–Kier alpha value is -1.59. The van der Waals surface area contributed by atoms with Crippen molar-refractivity contribution in [3.05, 3.63) is 29.8 Å². The molecule has 0 spiro atoms. The summed E-state index contributed by atoms with van der Waals surface area (Å²) in [5, 5.41) is 3.40. The Labute approximate surface area is 155 Å². The zero-order chi connectivity index (χ0) is 16.9. The molecule has 1 aromatic rings. The van der Waals surface area contributed by atoms with E-state index in [1.165, 1.54) is 0 Å². The van der Waals surface area contributed by atoms with Crippen LogP contribution in [0.1, 0.15) is 49.4 Å². The van der Waals surface area contributed by atoms with Gasteiger partial charge in [-0.05, 0) is 57.0 Å². The quantitative estimate of drug-likeness (QED) is 0.786. The summed E-state index contributed by atoms with van der Waals surface area (Å²) in [7, 11) is 0. The largest absolute Gasteiger partial charge is 0.494 e. The van der Waals surface area contributed by atoms with Gasteiger partial charge in [-0.3, -0.25) is 9.59 Å². The molecule has 2 aliphatic heterocycles. The molecular weight excluding hydrogens is 340 g/mol. The van der Waals surface area contributed by atoms with Gasteiger partial charge in [0, 0.05) is 37.0 Å². The summed E-state index contributed by atoms with van der Waals surface area (Å²) in [6.07, 6.45) is 3.78. The number of fused-ring (bicyclic) bond motifs is 2. The van der Waals surface area contributed by atoms with Crippen LogP contribution >= 0.6 is 12.4 Å². The van der Waals surface area contributed by atoms with Crippen LogP contribution in [0.3, 0.4) is 0 Å². The van der Waals surface area contributed by atoms with E-state index in [0.29, 0.717) is 30.7 Å². The molecule has 2 heterocycles. The normalized spacial score (nSPS) is 22.0. The van der Waals surface area contributed by atoms with Gasteiger partial charge in [-0.15, -0.1) is 12.4 Å². The van der Waals surface area contributed by atoms with Crippen molar-refractivity contribution in [1.29, 1.82) is 0 Å². The predicted molar refractivity (Wildman–Crippen MR) is 99.6 cm³/mol. The summed E-state index contributed by atoms with van der Waals surface area (Å²) < 4.78 is 5.38. The van der Waals surface area contributed by atoms with E-state index in [4.69, 9.17) is 4.74 Å². The lowest BCUT2D eigenvalue weighted by Crippen LogP contribution is -2.42. The average molecular weight is 367 g/mol. The minimum atomic E-state index is 0. The van der Waals surface area contributed by atoms with E-state index in [1.807, 2.05) is 11.8 Å². The van der Waals surface area contributed by atoms with Crippen molar-refractivity contribution >= 4 is 24.1 Å². The molecule has 138 valence electrons. The molecule has 0 aromatic heterocycles. The average Bonchev–Trinajstić information content (AvgIpc) is 2.86. The second kappa shape index (κ2) is 9.20. The van der Waals surface area contributed by atoms with Crippen molar-refractivity contribution < 1.29 is 14.3 Å². The molecule has 3 rings (SSSR count). The lowest BCUT2D eigenvalue weighted by molar-refractivity contribution is -0.133. The fraction of sp³-hybridized carbons (Fsp3) is 0.579. The van der Waals surface area contributed by atoms with E-state index >= 15 is 0 Å². The zero-order valence-corrected chi connectivity index (χ0v) is 15.5. The highest BCUT2D eigenvalue weighted by atomic mass is 35.5. The summed E-state index contributed by atoms with van der Waals surface area (Å²) in [6.45, 7) is 4.40. The minimum absolute atomic E-state index is 0. The fourth-order valence-corrected chi connectivity index (χ4v) is 3.79. The van der Waals surface area contributed by atoms with Gasteiger partial charge in [0.2, 0.25) is 5.91 Å².